The maximum absolute atomic E-state index is 12.6. The number of hydrogen-bond acceptors (Lipinski definition) is 4. The van der Waals surface area contributed by atoms with Crippen LogP contribution in [0.1, 0.15) is 12.6 Å². The van der Waals surface area contributed by atoms with Gasteiger partial charge in [0, 0.05) is 38.8 Å². The Bertz CT molecular complexity index is 456. The molecule has 118 valence electrons. The number of piperazine rings is 1. The van der Waals surface area contributed by atoms with Gasteiger partial charge < -0.3 is 10.2 Å². The molecule has 1 aromatic heterocycles. The van der Waals surface area contributed by atoms with Crippen LogP contribution in [0.15, 0.2) is 18.2 Å². The van der Waals surface area contributed by atoms with Crippen LogP contribution < -0.4 is 5.32 Å². The standard InChI is InChI=1S/C14H21F3N4/c1-11(10-21-8-6-20(2)7-9-21)18-13-5-3-4-12(19-13)14(15,16)17/h3-5,11H,6-10H2,1-2H3,(H,18,19). The van der Waals surface area contributed by atoms with Gasteiger partial charge in [0.2, 0.25) is 0 Å². The SMILES string of the molecule is CC(CN1CCN(C)CC1)Nc1cccc(C(F)(F)F)n1. The van der Waals surface area contributed by atoms with Gasteiger partial charge in [0.15, 0.2) is 0 Å². The molecule has 1 aliphatic rings. The molecule has 1 aliphatic heterocycles. The van der Waals surface area contributed by atoms with E-state index in [4.69, 9.17) is 0 Å². The van der Waals surface area contributed by atoms with Crippen LogP contribution >= 0.6 is 0 Å². The first-order valence-corrected chi connectivity index (χ1v) is 7.06. The molecule has 2 rings (SSSR count). The van der Waals surface area contributed by atoms with E-state index in [2.05, 4.69) is 27.1 Å². The summed E-state index contributed by atoms with van der Waals surface area (Å²) < 4.78 is 37.8. The molecule has 1 saturated heterocycles. The Balaban J connectivity index is 1.89. The summed E-state index contributed by atoms with van der Waals surface area (Å²) in [5.74, 6) is 0.270. The second kappa shape index (κ2) is 6.62. The van der Waals surface area contributed by atoms with Crippen LogP contribution in [-0.4, -0.2) is 60.6 Å². The van der Waals surface area contributed by atoms with Crippen molar-refractivity contribution in [3.05, 3.63) is 23.9 Å². The minimum absolute atomic E-state index is 0.0457. The van der Waals surface area contributed by atoms with E-state index in [9.17, 15) is 13.2 Å². The highest BCUT2D eigenvalue weighted by Crippen LogP contribution is 2.28. The highest BCUT2D eigenvalue weighted by molar-refractivity contribution is 5.37. The Morgan fingerprint density at radius 1 is 1.24 bits per heavy atom. The van der Waals surface area contributed by atoms with Gasteiger partial charge >= 0.3 is 6.18 Å². The summed E-state index contributed by atoms with van der Waals surface area (Å²) in [7, 11) is 2.09. The molecule has 1 fully saturated rings. The van der Waals surface area contributed by atoms with Crippen LogP contribution in [0.4, 0.5) is 19.0 Å². The van der Waals surface area contributed by atoms with E-state index in [1.165, 1.54) is 6.07 Å². The fourth-order valence-electron chi connectivity index (χ4n) is 2.39. The van der Waals surface area contributed by atoms with Crippen LogP contribution in [0.3, 0.4) is 0 Å². The molecule has 21 heavy (non-hydrogen) atoms. The van der Waals surface area contributed by atoms with Gasteiger partial charge in [0.1, 0.15) is 11.5 Å². The summed E-state index contributed by atoms with van der Waals surface area (Å²) in [5, 5.41) is 3.05. The number of nitrogens with one attached hydrogen (secondary N) is 1. The van der Waals surface area contributed by atoms with Gasteiger partial charge in [-0.15, -0.1) is 0 Å². The number of halogens is 3. The van der Waals surface area contributed by atoms with Crippen molar-refractivity contribution in [3.8, 4) is 0 Å². The van der Waals surface area contributed by atoms with Crippen molar-refractivity contribution in [2.24, 2.45) is 0 Å². The third kappa shape index (κ3) is 4.86. The first-order valence-electron chi connectivity index (χ1n) is 7.06. The van der Waals surface area contributed by atoms with Crippen LogP contribution in [0.2, 0.25) is 0 Å². The highest BCUT2D eigenvalue weighted by Gasteiger charge is 2.32. The summed E-state index contributed by atoms with van der Waals surface area (Å²) in [5.41, 5.74) is -0.862. The van der Waals surface area contributed by atoms with E-state index >= 15 is 0 Å². The topological polar surface area (TPSA) is 31.4 Å². The van der Waals surface area contributed by atoms with Gasteiger partial charge in [-0.3, -0.25) is 4.90 Å². The average Bonchev–Trinajstić information content (AvgIpc) is 2.41. The maximum Gasteiger partial charge on any atom is 0.433 e. The van der Waals surface area contributed by atoms with E-state index < -0.39 is 11.9 Å². The zero-order valence-corrected chi connectivity index (χ0v) is 12.3. The second-order valence-electron chi connectivity index (χ2n) is 5.56. The molecule has 2 heterocycles. The van der Waals surface area contributed by atoms with E-state index in [0.29, 0.717) is 0 Å². The van der Waals surface area contributed by atoms with Crippen LogP contribution in [0.25, 0.3) is 0 Å². The number of nitrogens with zero attached hydrogens (tertiary/aromatic N) is 3. The first kappa shape index (κ1) is 16.0. The molecule has 7 heteroatoms. The number of aromatic nitrogens is 1. The Kier molecular flexibility index (Phi) is 5.05. The van der Waals surface area contributed by atoms with E-state index in [-0.39, 0.29) is 11.9 Å². The Hall–Kier alpha value is -1.34. The number of likely N-dealkylation sites (N-methyl/N-ethyl adjacent to an activating group) is 1. The summed E-state index contributed by atoms with van der Waals surface area (Å²) in [6, 6.07) is 3.97. The largest absolute Gasteiger partial charge is 0.433 e. The molecule has 4 nitrogen and oxygen atoms in total. The average molecular weight is 302 g/mol. The Morgan fingerprint density at radius 3 is 2.52 bits per heavy atom. The zero-order chi connectivity index (χ0) is 15.5. The zero-order valence-electron chi connectivity index (χ0n) is 12.3. The predicted octanol–water partition coefficient (Wildman–Crippen LogP) is 2.15. The van der Waals surface area contributed by atoms with Crippen molar-refractivity contribution < 1.29 is 13.2 Å². The number of alkyl halides is 3. The predicted molar refractivity (Wildman–Crippen MR) is 76.3 cm³/mol. The van der Waals surface area contributed by atoms with E-state index in [1.807, 2.05) is 6.92 Å². The van der Waals surface area contributed by atoms with Crippen molar-refractivity contribution in [3.63, 3.8) is 0 Å². The van der Waals surface area contributed by atoms with Gasteiger partial charge in [0.25, 0.3) is 0 Å². The number of rotatable bonds is 4. The highest BCUT2D eigenvalue weighted by atomic mass is 19.4. The summed E-state index contributed by atoms with van der Waals surface area (Å²) in [6.07, 6.45) is -4.40. The number of anilines is 1. The van der Waals surface area contributed by atoms with Crippen molar-refractivity contribution in [1.29, 1.82) is 0 Å². The number of hydrogen-bond donors (Lipinski definition) is 1. The second-order valence-corrected chi connectivity index (χ2v) is 5.56. The summed E-state index contributed by atoms with van der Waals surface area (Å²) in [4.78, 5) is 8.20. The lowest BCUT2D eigenvalue weighted by Gasteiger charge is -2.34. The Labute approximate surface area is 122 Å². The van der Waals surface area contributed by atoms with E-state index in [1.54, 1.807) is 6.07 Å². The van der Waals surface area contributed by atoms with Gasteiger partial charge in [0.05, 0.1) is 0 Å². The lowest BCUT2D eigenvalue weighted by molar-refractivity contribution is -0.141. The van der Waals surface area contributed by atoms with Crippen molar-refractivity contribution in [2.45, 2.75) is 19.1 Å². The Morgan fingerprint density at radius 2 is 1.90 bits per heavy atom. The van der Waals surface area contributed by atoms with E-state index in [0.717, 1.165) is 38.8 Å². The summed E-state index contributed by atoms with van der Waals surface area (Å²) in [6.45, 7) is 6.77. The molecule has 1 unspecified atom stereocenters. The molecule has 1 N–H and O–H groups in total. The van der Waals surface area contributed by atoms with Crippen LogP contribution in [0.5, 0.6) is 0 Å². The van der Waals surface area contributed by atoms with Crippen molar-refractivity contribution >= 4 is 5.82 Å². The molecule has 0 aliphatic carbocycles. The minimum atomic E-state index is -4.40. The fraction of sp³-hybridized carbons (Fsp3) is 0.643. The quantitative estimate of drug-likeness (QED) is 0.923. The van der Waals surface area contributed by atoms with Gasteiger partial charge in [-0.25, -0.2) is 4.98 Å². The first-order chi connectivity index (χ1) is 9.84. The lowest BCUT2D eigenvalue weighted by Crippen LogP contribution is -2.47. The molecule has 0 spiro atoms. The molecule has 0 aromatic carbocycles. The molecule has 0 radical (unpaired) electrons. The fourth-order valence-corrected chi connectivity index (χ4v) is 2.39. The van der Waals surface area contributed by atoms with Crippen molar-refractivity contribution in [1.82, 2.24) is 14.8 Å². The normalized spacial score (nSPS) is 19.5. The van der Waals surface area contributed by atoms with Crippen LogP contribution in [-0.2, 0) is 6.18 Å². The minimum Gasteiger partial charge on any atom is -0.366 e. The molecule has 0 bridgehead atoms. The molecular weight excluding hydrogens is 281 g/mol. The van der Waals surface area contributed by atoms with Gasteiger partial charge in [-0.05, 0) is 26.1 Å². The molecule has 1 atom stereocenters. The monoisotopic (exact) mass is 302 g/mol. The van der Waals surface area contributed by atoms with Crippen LogP contribution in [0, 0.1) is 0 Å². The third-order valence-corrected chi connectivity index (χ3v) is 3.56. The van der Waals surface area contributed by atoms with Gasteiger partial charge in [-0.2, -0.15) is 13.2 Å². The smallest absolute Gasteiger partial charge is 0.366 e. The number of pyridine rings is 1. The molecular formula is C14H21F3N4. The molecule has 0 amide bonds. The summed E-state index contributed by atoms with van der Waals surface area (Å²) >= 11 is 0. The van der Waals surface area contributed by atoms with Crippen molar-refractivity contribution in [2.75, 3.05) is 45.1 Å². The third-order valence-electron chi connectivity index (χ3n) is 3.56. The molecule has 0 saturated carbocycles. The lowest BCUT2D eigenvalue weighted by atomic mass is 10.2. The maximum atomic E-state index is 12.6. The molecule has 1 aromatic rings. The van der Waals surface area contributed by atoms with Gasteiger partial charge in [-0.1, -0.05) is 6.07 Å².